The minimum Gasteiger partial charge on any atom is -0.326 e. The van der Waals surface area contributed by atoms with Gasteiger partial charge in [0.25, 0.3) is 10.2 Å². The molecule has 2 saturated heterocycles. The summed E-state index contributed by atoms with van der Waals surface area (Å²) in [6, 6.07) is -0.121. The van der Waals surface area contributed by atoms with Gasteiger partial charge in [0, 0.05) is 31.7 Å². The first-order chi connectivity index (χ1) is 9.03. The number of rotatable bonds is 3. The lowest BCUT2D eigenvalue weighted by Crippen LogP contribution is -2.55. The lowest BCUT2D eigenvalue weighted by atomic mass is 10.00. The van der Waals surface area contributed by atoms with Gasteiger partial charge in [-0.25, -0.2) is 0 Å². The molecule has 0 saturated carbocycles. The van der Waals surface area contributed by atoms with Gasteiger partial charge in [0.05, 0.1) is 0 Å². The molecule has 120 valence electrons. The van der Waals surface area contributed by atoms with Crippen LogP contribution in [0.25, 0.3) is 0 Å². The van der Waals surface area contributed by atoms with Crippen LogP contribution in [-0.4, -0.2) is 48.7 Å². The first-order valence-corrected chi connectivity index (χ1v) is 8.95. The quantitative estimate of drug-likeness (QED) is 0.859. The molecule has 0 aromatic carbocycles. The zero-order valence-corrected chi connectivity index (χ0v) is 14.0. The van der Waals surface area contributed by atoms with E-state index in [1.807, 2.05) is 6.92 Å². The van der Waals surface area contributed by atoms with Crippen molar-refractivity contribution in [2.45, 2.75) is 64.0 Å². The monoisotopic (exact) mass is 325 g/mol. The van der Waals surface area contributed by atoms with Gasteiger partial charge in [0.2, 0.25) is 0 Å². The molecule has 2 atom stereocenters. The van der Waals surface area contributed by atoms with Crippen molar-refractivity contribution < 1.29 is 8.42 Å². The van der Waals surface area contributed by atoms with Crippen molar-refractivity contribution in [1.82, 2.24) is 8.61 Å². The third-order valence-corrected chi connectivity index (χ3v) is 6.36. The standard InChI is InChI=1S/C13H27N3O2S.ClH/c1-12(14)13-8-4-7-11-16(13)19(17,18)15-9-5-2-3-6-10-15;/h12-13H,2-11,14H2,1H3;1H. The second kappa shape index (κ2) is 7.94. The summed E-state index contributed by atoms with van der Waals surface area (Å²) in [6.07, 6.45) is 7.18. The Kier molecular flexibility index (Phi) is 7.21. The Hall–Kier alpha value is 0.120. The van der Waals surface area contributed by atoms with Crippen molar-refractivity contribution in [1.29, 1.82) is 0 Å². The Morgan fingerprint density at radius 2 is 1.55 bits per heavy atom. The summed E-state index contributed by atoms with van der Waals surface area (Å²) < 4.78 is 29.0. The number of nitrogens with two attached hydrogens (primary N) is 1. The normalized spacial score (nSPS) is 28.4. The predicted octanol–water partition coefficient (Wildman–Crippen LogP) is 1.73. The van der Waals surface area contributed by atoms with E-state index in [1.54, 1.807) is 8.61 Å². The highest BCUT2D eigenvalue weighted by atomic mass is 35.5. The van der Waals surface area contributed by atoms with Crippen LogP contribution >= 0.6 is 12.4 Å². The molecule has 0 amide bonds. The SMILES string of the molecule is CC(N)C1CCCCN1S(=O)(=O)N1CCCCCC1.Cl. The van der Waals surface area contributed by atoms with Crippen LogP contribution in [0.5, 0.6) is 0 Å². The summed E-state index contributed by atoms with van der Waals surface area (Å²) >= 11 is 0. The molecule has 7 heteroatoms. The highest BCUT2D eigenvalue weighted by Crippen LogP contribution is 2.25. The minimum absolute atomic E-state index is 0. The topological polar surface area (TPSA) is 66.6 Å². The van der Waals surface area contributed by atoms with E-state index in [9.17, 15) is 8.42 Å². The summed E-state index contributed by atoms with van der Waals surface area (Å²) in [5.74, 6) is 0. The van der Waals surface area contributed by atoms with E-state index in [2.05, 4.69) is 0 Å². The molecule has 0 radical (unpaired) electrons. The molecule has 0 aromatic heterocycles. The Labute approximate surface area is 129 Å². The Morgan fingerprint density at radius 3 is 2.10 bits per heavy atom. The van der Waals surface area contributed by atoms with Crippen molar-refractivity contribution in [3.05, 3.63) is 0 Å². The van der Waals surface area contributed by atoms with E-state index < -0.39 is 10.2 Å². The second-order valence-electron chi connectivity index (χ2n) is 5.85. The largest absolute Gasteiger partial charge is 0.326 e. The maximum absolute atomic E-state index is 12.8. The van der Waals surface area contributed by atoms with Crippen LogP contribution in [0.3, 0.4) is 0 Å². The van der Waals surface area contributed by atoms with Crippen LogP contribution in [0, 0.1) is 0 Å². The van der Waals surface area contributed by atoms with E-state index in [4.69, 9.17) is 5.73 Å². The number of hydrogen-bond acceptors (Lipinski definition) is 3. The van der Waals surface area contributed by atoms with Crippen LogP contribution in [0.4, 0.5) is 0 Å². The number of hydrogen-bond donors (Lipinski definition) is 1. The molecular weight excluding hydrogens is 298 g/mol. The van der Waals surface area contributed by atoms with Gasteiger partial charge >= 0.3 is 0 Å². The van der Waals surface area contributed by atoms with Gasteiger partial charge in [-0.15, -0.1) is 12.4 Å². The number of piperidine rings is 1. The Bertz CT molecular complexity index is 381. The van der Waals surface area contributed by atoms with Crippen molar-refractivity contribution in [3.8, 4) is 0 Å². The molecule has 2 N–H and O–H groups in total. The molecule has 2 aliphatic rings. The Balaban J connectivity index is 0.00000200. The van der Waals surface area contributed by atoms with Crippen LogP contribution in [-0.2, 0) is 10.2 Å². The lowest BCUT2D eigenvalue weighted by Gasteiger charge is -2.39. The fraction of sp³-hybridized carbons (Fsp3) is 1.00. The van der Waals surface area contributed by atoms with E-state index in [-0.39, 0.29) is 24.5 Å². The van der Waals surface area contributed by atoms with Crippen LogP contribution in [0.15, 0.2) is 0 Å². The summed E-state index contributed by atoms with van der Waals surface area (Å²) in [6.45, 7) is 3.89. The zero-order valence-electron chi connectivity index (χ0n) is 12.3. The zero-order chi connectivity index (χ0) is 13.9. The highest BCUT2D eigenvalue weighted by molar-refractivity contribution is 7.86. The molecule has 2 rings (SSSR count). The third kappa shape index (κ3) is 4.07. The fourth-order valence-electron chi connectivity index (χ4n) is 3.16. The van der Waals surface area contributed by atoms with Gasteiger partial charge in [-0.2, -0.15) is 17.0 Å². The summed E-state index contributed by atoms with van der Waals surface area (Å²) in [4.78, 5) is 0. The molecule has 5 nitrogen and oxygen atoms in total. The van der Waals surface area contributed by atoms with Crippen molar-refractivity contribution in [3.63, 3.8) is 0 Å². The molecule has 2 heterocycles. The predicted molar refractivity (Wildman–Crippen MR) is 84.2 cm³/mol. The first-order valence-electron chi connectivity index (χ1n) is 7.56. The molecule has 0 aromatic rings. The number of halogens is 1. The summed E-state index contributed by atoms with van der Waals surface area (Å²) in [7, 11) is -3.32. The molecule has 0 bridgehead atoms. The molecule has 0 aliphatic carbocycles. The van der Waals surface area contributed by atoms with Crippen molar-refractivity contribution in [2.24, 2.45) is 5.73 Å². The van der Waals surface area contributed by atoms with Gasteiger partial charge in [0.15, 0.2) is 0 Å². The van der Waals surface area contributed by atoms with Gasteiger partial charge < -0.3 is 5.73 Å². The second-order valence-corrected chi connectivity index (χ2v) is 7.74. The first kappa shape index (κ1) is 18.2. The van der Waals surface area contributed by atoms with Crippen LogP contribution < -0.4 is 5.73 Å². The molecule has 2 aliphatic heterocycles. The van der Waals surface area contributed by atoms with E-state index in [0.29, 0.717) is 19.6 Å². The molecular formula is C13H28ClN3O2S. The molecule has 20 heavy (non-hydrogen) atoms. The van der Waals surface area contributed by atoms with E-state index >= 15 is 0 Å². The van der Waals surface area contributed by atoms with Crippen molar-refractivity contribution >= 4 is 22.6 Å². The smallest absolute Gasteiger partial charge is 0.282 e. The van der Waals surface area contributed by atoms with Crippen LogP contribution in [0.1, 0.15) is 51.9 Å². The van der Waals surface area contributed by atoms with Crippen molar-refractivity contribution in [2.75, 3.05) is 19.6 Å². The maximum atomic E-state index is 12.8. The summed E-state index contributed by atoms with van der Waals surface area (Å²) in [5, 5.41) is 0. The highest BCUT2D eigenvalue weighted by Gasteiger charge is 2.37. The molecule has 2 fully saturated rings. The summed E-state index contributed by atoms with van der Waals surface area (Å²) in [5.41, 5.74) is 5.99. The average Bonchev–Trinajstić information content (AvgIpc) is 2.68. The third-order valence-electron chi connectivity index (χ3n) is 4.29. The molecule has 0 spiro atoms. The number of nitrogens with zero attached hydrogens (tertiary/aromatic N) is 2. The van der Waals surface area contributed by atoms with E-state index in [1.165, 1.54) is 0 Å². The molecule has 2 unspecified atom stereocenters. The van der Waals surface area contributed by atoms with Gasteiger partial charge in [-0.05, 0) is 32.6 Å². The fourth-order valence-corrected chi connectivity index (χ4v) is 5.18. The van der Waals surface area contributed by atoms with Crippen LogP contribution in [0.2, 0.25) is 0 Å². The Morgan fingerprint density at radius 1 is 1.00 bits per heavy atom. The lowest BCUT2D eigenvalue weighted by molar-refractivity contribution is 0.210. The van der Waals surface area contributed by atoms with Gasteiger partial charge in [-0.3, -0.25) is 0 Å². The van der Waals surface area contributed by atoms with Gasteiger partial charge in [0.1, 0.15) is 0 Å². The average molecular weight is 326 g/mol. The maximum Gasteiger partial charge on any atom is 0.282 e. The van der Waals surface area contributed by atoms with E-state index in [0.717, 1.165) is 44.9 Å². The van der Waals surface area contributed by atoms with Gasteiger partial charge in [-0.1, -0.05) is 19.3 Å². The minimum atomic E-state index is -3.32.